The molecular formula is C16H15N7O3. The Labute approximate surface area is 147 Å². The number of hydrogen-bond donors (Lipinski definition) is 3. The highest BCUT2D eigenvalue weighted by molar-refractivity contribution is 5.97. The van der Waals surface area contributed by atoms with E-state index >= 15 is 0 Å². The van der Waals surface area contributed by atoms with Crippen molar-refractivity contribution in [2.75, 3.05) is 13.1 Å². The Morgan fingerprint density at radius 3 is 2.77 bits per heavy atom. The molecular weight excluding hydrogens is 338 g/mol. The van der Waals surface area contributed by atoms with Crippen molar-refractivity contribution in [3.8, 4) is 0 Å². The summed E-state index contributed by atoms with van der Waals surface area (Å²) in [7, 11) is 0. The first-order chi connectivity index (χ1) is 12.6. The third-order valence-electron chi connectivity index (χ3n) is 4.25. The first-order valence-corrected chi connectivity index (χ1v) is 7.94. The molecule has 2 atom stereocenters. The van der Waals surface area contributed by atoms with Crippen LogP contribution in [-0.2, 0) is 0 Å². The van der Waals surface area contributed by atoms with Crippen LogP contribution >= 0.6 is 0 Å². The fourth-order valence-electron chi connectivity index (χ4n) is 2.90. The number of aromatic amines is 1. The smallest absolute Gasteiger partial charge is 0.255 e. The zero-order valence-corrected chi connectivity index (χ0v) is 13.5. The number of likely N-dealkylation sites (tertiary alicyclic amines) is 1. The van der Waals surface area contributed by atoms with E-state index in [2.05, 4.69) is 30.5 Å². The van der Waals surface area contributed by atoms with Crippen LogP contribution in [0.3, 0.4) is 0 Å². The minimum absolute atomic E-state index is 0.124. The monoisotopic (exact) mass is 353 g/mol. The van der Waals surface area contributed by atoms with Gasteiger partial charge >= 0.3 is 0 Å². The topological polar surface area (TPSA) is 137 Å². The van der Waals surface area contributed by atoms with Gasteiger partial charge < -0.3 is 15.3 Å². The van der Waals surface area contributed by atoms with Gasteiger partial charge in [-0.3, -0.25) is 14.7 Å². The van der Waals surface area contributed by atoms with Crippen LogP contribution in [-0.4, -0.2) is 72.2 Å². The van der Waals surface area contributed by atoms with Crippen LogP contribution in [0.1, 0.15) is 20.7 Å². The molecule has 3 aromatic rings. The molecule has 1 aliphatic heterocycles. The van der Waals surface area contributed by atoms with E-state index in [0.717, 1.165) is 5.39 Å². The molecule has 1 aliphatic rings. The molecule has 10 heteroatoms. The van der Waals surface area contributed by atoms with Crippen molar-refractivity contribution in [1.82, 2.24) is 35.4 Å². The Balaban J connectivity index is 1.46. The van der Waals surface area contributed by atoms with Gasteiger partial charge in [-0.25, -0.2) is 15.0 Å². The summed E-state index contributed by atoms with van der Waals surface area (Å²) < 4.78 is 0. The van der Waals surface area contributed by atoms with Gasteiger partial charge in [-0.15, -0.1) is 0 Å². The van der Waals surface area contributed by atoms with Gasteiger partial charge in [0.2, 0.25) is 0 Å². The van der Waals surface area contributed by atoms with Gasteiger partial charge in [0.05, 0.1) is 29.5 Å². The molecule has 132 valence electrons. The van der Waals surface area contributed by atoms with Crippen LogP contribution in [0.5, 0.6) is 0 Å². The lowest BCUT2D eigenvalue weighted by molar-refractivity contribution is 0.0764. The maximum Gasteiger partial charge on any atom is 0.255 e. The van der Waals surface area contributed by atoms with Gasteiger partial charge in [-0.1, -0.05) is 0 Å². The van der Waals surface area contributed by atoms with E-state index < -0.39 is 18.1 Å². The number of aromatic nitrogens is 5. The van der Waals surface area contributed by atoms with Crippen LogP contribution in [0.25, 0.3) is 11.0 Å². The van der Waals surface area contributed by atoms with E-state index in [9.17, 15) is 14.7 Å². The van der Waals surface area contributed by atoms with Crippen LogP contribution in [0, 0.1) is 0 Å². The molecule has 3 N–H and O–H groups in total. The maximum absolute atomic E-state index is 12.7. The number of aliphatic hydroxyl groups is 1. The summed E-state index contributed by atoms with van der Waals surface area (Å²) in [5, 5.41) is 20.3. The lowest BCUT2D eigenvalue weighted by Crippen LogP contribution is -2.43. The molecule has 10 nitrogen and oxygen atoms in total. The summed E-state index contributed by atoms with van der Waals surface area (Å²) in [6, 6.07) is 1.12. The van der Waals surface area contributed by atoms with Gasteiger partial charge in [-0.2, -0.15) is 5.10 Å². The van der Waals surface area contributed by atoms with Gasteiger partial charge in [0, 0.05) is 37.1 Å². The summed E-state index contributed by atoms with van der Waals surface area (Å²) in [5.41, 5.74) is 1.28. The number of pyridine rings is 1. The van der Waals surface area contributed by atoms with E-state index in [4.69, 9.17) is 0 Å². The summed E-state index contributed by atoms with van der Waals surface area (Å²) in [6.07, 6.45) is 6.28. The zero-order chi connectivity index (χ0) is 18.1. The Hall–Kier alpha value is -3.40. The van der Waals surface area contributed by atoms with Crippen molar-refractivity contribution in [3.05, 3.63) is 48.3 Å². The summed E-state index contributed by atoms with van der Waals surface area (Å²) >= 11 is 0. The molecule has 1 saturated heterocycles. The maximum atomic E-state index is 12.7. The van der Waals surface area contributed by atoms with Crippen LogP contribution < -0.4 is 5.32 Å². The molecule has 2 amide bonds. The van der Waals surface area contributed by atoms with Crippen molar-refractivity contribution in [2.45, 2.75) is 12.1 Å². The summed E-state index contributed by atoms with van der Waals surface area (Å²) in [5.74, 6) is -0.662. The molecule has 0 spiro atoms. The Morgan fingerprint density at radius 2 is 1.96 bits per heavy atom. The SMILES string of the molecule is O=C(N[C@@H]1CN(C(=O)c2cnc3[nH]ncc3c2)C[C@H]1O)c1cncnc1. The second kappa shape index (κ2) is 6.48. The number of fused-ring (bicyclic) bond motifs is 1. The second-order valence-corrected chi connectivity index (χ2v) is 6.02. The third kappa shape index (κ3) is 2.97. The van der Waals surface area contributed by atoms with Crippen molar-refractivity contribution in [1.29, 1.82) is 0 Å². The number of β-amino-alcohol motifs (C(OH)–C–C–N with tert-alkyl or cyclic N) is 1. The number of nitrogens with zero attached hydrogens (tertiary/aromatic N) is 5. The molecule has 0 saturated carbocycles. The number of rotatable bonds is 3. The van der Waals surface area contributed by atoms with E-state index in [0.29, 0.717) is 16.8 Å². The van der Waals surface area contributed by atoms with E-state index in [-0.39, 0.29) is 19.0 Å². The van der Waals surface area contributed by atoms with Crippen molar-refractivity contribution in [2.24, 2.45) is 0 Å². The Kier molecular flexibility index (Phi) is 4.01. The highest BCUT2D eigenvalue weighted by Crippen LogP contribution is 2.17. The van der Waals surface area contributed by atoms with Gasteiger partial charge in [0.25, 0.3) is 11.8 Å². The predicted octanol–water partition coefficient (Wildman–Crippen LogP) is -0.637. The fourth-order valence-corrected chi connectivity index (χ4v) is 2.90. The minimum atomic E-state index is -0.863. The van der Waals surface area contributed by atoms with Gasteiger partial charge in [0.15, 0.2) is 5.65 Å². The predicted molar refractivity (Wildman–Crippen MR) is 89.1 cm³/mol. The molecule has 3 aromatic heterocycles. The van der Waals surface area contributed by atoms with Crippen LogP contribution in [0.15, 0.2) is 37.2 Å². The lowest BCUT2D eigenvalue weighted by Gasteiger charge is -2.16. The molecule has 4 heterocycles. The van der Waals surface area contributed by atoms with E-state index in [1.807, 2.05) is 0 Å². The largest absolute Gasteiger partial charge is 0.389 e. The van der Waals surface area contributed by atoms with E-state index in [1.54, 1.807) is 12.3 Å². The highest BCUT2D eigenvalue weighted by Gasteiger charge is 2.35. The first-order valence-electron chi connectivity index (χ1n) is 7.94. The fraction of sp³-hybridized carbons (Fsp3) is 0.250. The average Bonchev–Trinajstić information content (AvgIpc) is 3.28. The molecule has 0 aromatic carbocycles. The van der Waals surface area contributed by atoms with Crippen molar-refractivity contribution < 1.29 is 14.7 Å². The highest BCUT2D eigenvalue weighted by atomic mass is 16.3. The Morgan fingerprint density at radius 1 is 1.15 bits per heavy atom. The molecule has 0 aliphatic carbocycles. The molecule has 1 fully saturated rings. The quantitative estimate of drug-likeness (QED) is 0.570. The number of H-pyrrole nitrogens is 1. The summed E-state index contributed by atoms with van der Waals surface area (Å²) in [6.45, 7) is 0.321. The van der Waals surface area contributed by atoms with Crippen LogP contribution in [0.4, 0.5) is 0 Å². The van der Waals surface area contributed by atoms with Gasteiger partial charge in [-0.05, 0) is 6.07 Å². The lowest BCUT2D eigenvalue weighted by atomic mass is 10.2. The third-order valence-corrected chi connectivity index (χ3v) is 4.25. The number of nitrogens with one attached hydrogen (secondary N) is 2. The van der Waals surface area contributed by atoms with Crippen molar-refractivity contribution >= 4 is 22.8 Å². The minimum Gasteiger partial charge on any atom is -0.389 e. The number of carbonyl (C=O) groups excluding carboxylic acids is 2. The average molecular weight is 353 g/mol. The second-order valence-electron chi connectivity index (χ2n) is 6.02. The molecule has 4 rings (SSSR count). The number of carbonyl (C=O) groups is 2. The zero-order valence-electron chi connectivity index (χ0n) is 13.5. The number of amides is 2. The number of hydrogen-bond acceptors (Lipinski definition) is 7. The summed E-state index contributed by atoms with van der Waals surface area (Å²) in [4.78, 5) is 38.1. The standard InChI is InChI=1S/C16H15N7O3/c24-13-7-23(6-12(13)21-15(25)11-2-17-8-18-3-11)16(26)10-1-9-5-20-22-14(9)19-4-10/h1-5,8,12-13,24H,6-7H2,(H,21,25)(H,19,20,22)/t12-,13-/m1/s1. The van der Waals surface area contributed by atoms with Gasteiger partial charge in [0.1, 0.15) is 6.33 Å². The Bertz CT molecular complexity index is 959. The molecule has 0 bridgehead atoms. The molecule has 0 radical (unpaired) electrons. The molecule has 26 heavy (non-hydrogen) atoms. The van der Waals surface area contributed by atoms with Crippen molar-refractivity contribution in [3.63, 3.8) is 0 Å². The number of aliphatic hydroxyl groups excluding tert-OH is 1. The van der Waals surface area contributed by atoms with Crippen LogP contribution in [0.2, 0.25) is 0 Å². The molecule has 0 unspecified atom stereocenters. The first kappa shape index (κ1) is 16.1. The normalized spacial score (nSPS) is 19.7. The van der Waals surface area contributed by atoms with E-state index in [1.165, 1.54) is 29.8 Å².